The molecule has 0 bridgehead atoms. The lowest BCUT2D eigenvalue weighted by atomic mass is 9.70. The normalized spacial score (nSPS) is 23.4. The average Bonchev–Trinajstić information content (AvgIpc) is 2.79. The van der Waals surface area contributed by atoms with Crippen molar-refractivity contribution in [3.63, 3.8) is 0 Å². The first-order chi connectivity index (χ1) is 13.1. The van der Waals surface area contributed by atoms with Gasteiger partial charge in [-0.15, -0.1) is 0 Å². The highest BCUT2D eigenvalue weighted by atomic mass is 16.7. The Balaban J connectivity index is 2.05. The van der Waals surface area contributed by atoms with Gasteiger partial charge >= 0.3 is 6.03 Å². The molecule has 2 saturated heterocycles. The summed E-state index contributed by atoms with van der Waals surface area (Å²) >= 11 is 0. The lowest BCUT2D eigenvalue weighted by molar-refractivity contribution is -0.288. The summed E-state index contributed by atoms with van der Waals surface area (Å²) in [6.07, 6.45) is 8.90. The Labute approximate surface area is 171 Å². The first-order valence-corrected chi connectivity index (χ1v) is 11.2. The van der Waals surface area contributed by atoms with Crippen molar-refractivity contribution in [2.75, 3.05) is 13.2 Å². The van der Waals surface area contributed by atoms with E-state index in [1.165, 1.54) is 30.6 Å². The Morgan fingerprint density at radius 2 is 1.46 bits per heavy atom. The largest absolute Gasteiger partial charge is 0.325 e. The predicted octanol–water partition coefficient (Wildman–Crippen LogP) is 4.63. The molecule has 2 aliphatic rings. The molecule has 0 unspecified atom stereocenters. The molecule has 1 spiro atoms. The fourth-order valence-electron chi connectivity index (χ4n) is 5.20. The number of nitrogens with one attached hydrogen (secondary N) is 1. The Hall–Kier alpha value is -1.14. The Morgan fingerprint density at radius 1 is 0.893 bits per heavy atom. The van der Waals surface area contributed by atoms with Gasteiger partial charge in [-0.3, -0.25) is 14.5 Å². The molecule has 2 aliphatic heterocycles. The third-order valence-electron chi connectivity index (χ3n) is 5.97. The highest BCUT2D eigenvalue weighted by Gasteiger charge is 2.61. The quantitative estimate of drug-likeness (QED) is 0.433. The van der Waals surface area contributed by atoms with Crippen LogP contribution < -0.4 is 5.32 Å². The van der Waals surface area contributed by atoms with Crippen molar-refractivity contribution in [3.8, 4) is 0 Å². The minimum Gasteiger partial charge on any atom is -0.323 e. The molecule has 0 aromatic carbocycles. The number of piperidine rings is 1. The predicted molar refractivity (Wildman–Crippen MR) is 112 cm³/mol. The van der Waals surface area contributed by atoms with Crippen LogP contribution in [0.25, 0.3) is 0 Å². The smallest absolute Gasteiger partial charge is 0.323 e. The van der Waals surface area contributed by atoms with Crippen LogP contribution in [0.4, 0.5) is 4.79 Å². The molecule has 2 fully saturated rings. The molecule has 0 saturated carbocycles. The van der Waals surface area contributed by atoms with E-state index in [0.29, 0.717) is 26.0 Å². The van der Waals surface area contributed by atoms with Crippen molar-refractivity contribution in [1.82, 2.24) is 15.3 Å². The number of hydrogen-bond donors (Lipinski definition) is 1. The third-order valence-corrected chi connectivity index (χ3v) is 5.97. The van der Waals surface area contributed by atoms with Crippen LogP contribution in [0.2, 0.25) is 0 Å². The molecule has 162 valence electrons. The second kappa shape index (κ2) is 9.12. The van der Waals surface area contributed by atoms with Crippen LogP contribution >= 0.6 is 0 Å². The summed E-state index contributed by atoms with van der Waals surface area (Å²) in [6, 6.07) is -0.229. The van der Waals surface area contributed by atoms with Crippen LogP contribution in [-0.2, 0) is 9.63 Å². The van der Waals surface area contributed by atoms with Gasteiger partial charge < -0.3 is 5.32 Å². The van der Waals surface area contributed by atoms with E-state index in [2.05, 4.69) is 46.9 Å². The minimum atomic E-state index is -0.821. The Morgan fingerprint density at radius 3 is 2.04 bits per heavy atom. The second-order valence-electron chi connectivity index (χ2n) is 9.84. The lowest BCUT2D eigenvalue weighted by Gasteiger charge is -2.56. The maximum atomic E-state index is 13.3. The second-order valence-corrected chi connectivity index (χ2v) is 9.84. The minimum absolute atomic E-state index is 0.0534. The van der Waals surface area contributed by atoms with E-state index in [0.717, 1.165) is 19.3 Å². The van der Waals surface area contributed by atoms with Crippen LogP contribution in [0.15, 0.2) is 0 Å². The van der Waals surface area contributed by atoms with Gasteiger partial charge in [0.15, 0.2) is 0 Å². The van der Waals surface area contributed by atoms with E-state index in [4.69, 9.17) is 4.84 Å². The van der Waals surface area contributed by atoms with Crippen molar-refractivity contribution < 1.29 is 14.4 Å². The fraction of sp³-hybridized carbons (Fsp3) is 0.909. The number of rotatable bonds is 10. The average molecular weight is 396 g/mol. The standard InChI is InChI=1S/C22H41N3O3/c1-7-9-10-11-12-13-14-24-18(26)22(23-19(24)27)16-20(3,4)25(28-15-8-2)21(5,6)17-22/h7-17H2,1-6H3,(H,23,27). The zero-order valence-electron chi connectivity index (χ0n) is 18.9. The molecule has 6 nitrogen and oxygen atoms in total. The lowest BCUT2D eigenvalue weighted by Crippen LogP contribution is -2.69. The molecule has 3 amide bonds. The molecule has 2 heterocycles. The molecule has 0 aromatic rings. The van der Waals surface area contributed by atoms with Gasteiger partial charge in [0.05, 0.1) is 6.61 Å². The topological polar surface area (TPSA) is 61.9 Å². The molecule has 1 N–H and O–H groups in total. The van der Waals surface area contributed by atoms with Crippen LogP contribution in [0.3, 0.4) is 0 Å². The summed E-state index contributed by atoms with van der Waals surface area (Å²) in [6.45, 7) is 13.9. The fourth-order valence-corrected chi connectivity index (χ4v) is 5.20. The Kier molecular flexibility index (Phi) is 7.54. The summed E-state index contributed by atoms with van der Waals surface area (Å²) in [5, 5.41) is 5.12. The number of carbonyl (C=O) groups is 2. The summed E-state index contributed by atoms with van der Waals surface area (Å²) in [4.78, 5) is 33.5. The number of imide groups is 1. The zero-order chi connectivity index (χ0) is 21.0. The molecule has 0 aromatic heterocycles. The van der Waals surface area contributed by atoms with Crippen molar-refractivity contribution in [1.29, 1.82) is 0 Å². The first kappa shape index (κ1) is 23.1. The molecule has 28 heavy (non-hydrogen) atoms. The number of nitrogens with zero attached hydrogens (tertiary/aromatic N) is 2. The van der Waals surface area contributed by atoms with Crippen LogP contribution in [0, 0.1) is 0 Å². The van der Waals surface area contributed by atoms with Crippen molar-refractivity contribution in [3.05, 3.63) is 0 Å². The number of urea groups is 1. The molecule has 2 rings (SSSR count). The van der Waals surface area contributed by atoms with Crippen LogP contribution in [0.5, 0.6) is 0 Å². The SMILES string of the molecule is CCCCCCCCN1C(=O)NC2(CC(C)(C)N(OCCC)C(C)(C)C2)C1=O. The van der Waals surface area contributed by atoms with Gasteiger partial charge in [0.25, 0.3) is 5.91 Å². The van der Waals surface area contributed by atoms with Gasteiger partial charge in [-0.25, -0.2) is 4.79 Å². The Bertz CT molecular complexity index is 541. The monoisotopic (exact) mass is 395 g/mol. The highest BCUT2D eigenvalue weighted by molar-refractivity contribution is 6.07. The van der Waals surface area contributed by atoms with Gasteiger partial charge in [0.2, 0.25) is 0 Å². The molecule has 0 radical (unpaired) electrons. The summed E-state index contributed by atoms with van der Waals surface area (Å²) in [7, 11) is 0. The molecule has 0 aliphatic carbocycles. The first-order valence-electron chi connectivity index (χ1n) is 11.2. The number of hydrogen-bond acceptors (Lipinski definition) is 4. The van der Waals surface area contributed by atoms with Gasteiger partial charge in [-0.05, 0) is 53.4 Å². The molecular formula is C22H41N3O3. The van der Waals surface area contributed by atoms with E-state index in [1.54, 1.807) is 0 Å². The van der Waals surface area contributed by atoms with E-state index in [9.17, 15) is 9.59 Å². The summed E-state index contributed by atoms with van der Waals surface area (Å²) < 4.78 is 0. The number of hydroxylamine groups is 2. The van der Waals surface area contributed by atoms with Crippen molar-refractivity contribution >= 4 is 11.9 Å². The zero-order valence-corrected chi connectivity index (χ0v) is 18.9. The molecule has 0 atom stereocenters. The van der Waals surface area contributed by atoms with E-state index in [-0.39, 0.29) is 23.0 Å². The van der Waals surface area contributed by atoms with Gasteiger partial charge in [-0.2, -0.15) is 5.06 Å². The maximum absolute atomic E-state index is 13.3. The van der Waals surface area contributed by atoms with Gasteiger partial charge in [0.1, 0.15) is 5.54 Å². The van der Waals surface area contributed by atoms with Gasteiger partial charge in [0, 0.05) is 17.6 Å². The maximum Gasteiger partial charge on any atom is 0.325 e. The van der Waals surface area contributed by atoms with Crippen molar-refractivity contribution in [2.24, 2.45) is 0 Å². The van der Waals surface area contributed by atoms with Crippen LogP contribution in [0.1, 0.15) is 99.3 Å². The highest BCUT2D eigenvalue weighted by Crippen LogP contribution is 2.46. The number of unbranched alkanes of at least 4 members (excludes halogenated alkanes) is 5. The van der Waals surface area contributed by atoms with Crippen molar-refractivity contribution in [2.45, 2.75) is 116 Å². The number of carbonyl (C=O) groups excluding carboxylic acids is 2. The van der Waals surface area contributed by atoms with E-state index >= 15 is 0 Å². The van der Waals surface area contributed by atoms with Crippen LogP contribution in [-0.4, -0.2) is 51.7 Å². The summed E-state index contributed by atoms with van der Waals surface area (Å²) in [5.41, 5.74) is -1.52. The van der Waals surface area contributed by atoms with E-state index in [1.807, 2.05) is 5.06 Å². The third kappa shape index (κ3) is 4.88. The summed E-state index contributed by atoms with van der Waals surface area (Å²) in [5.74, 6) is -0.0534. The number of amides is 3. The van der Waals surface area contributed by atoms with Gasteiger partial charge in [-0.1, -0.05) is 46.0 Å². The molecular weight excluding hydrogens is 354 g/mol. The van der Waals surface area contributed by atoms with E-state index < -0.39 is 5.54 Å². The molecule has 6 heteroatoms.